The van der Waals surface area contributed by atoms with E-state index in [4.69, 9.17) is 0 Å². The molecule has 3 aromatic rings. The van der Waals surface area contributed by atoms with Gasteiger partial charge >= 0.3 is 0 Å². The van der Waals surface area contributed by atoms with E-state index in [9.17, 15) is 0 Å². The molecule has 3 nitrogen and oxygen atoms in total. The molecule has 1 aromatic carbocycles. The molecule has 0 spiro atoms. The Morgan fingerprint density at radius 1 is 1.10 bits per heavy atom. The summed E-state index contributed by atoms with van der Waals surface area (Å²) in [6, 6.07) is 8.47. The molecule has 0 aliphatic heterocycles. The zero-order valence-corrected chi connectivity index (χ0v) is 15.0. The quantitative estimate of drug-likeness (QED) is 0.611. The zero-order valence-electron chi connectivity index (χ0n) is 12.6. The fraction of sp³-hybridized carbons (Fsp3) is 0.250. The second kappa shape index (κ2) is 7.09. The average molecular weight is 364 g/mol. The van der Waals surface area contributed by atoms with Gasteiger partial charge in [0.25, 0.3) is 0 Å². The number of fused-ring (bicyclic) bond motifs is 1. The van der Waals surface area contributed by atoms with E-state index in [-0.39, 0.29) is 0 Å². The smallest absolute Gasteiger partial charge is 0.169 e. The van der Waals surface area contributed by atoms with E-state index in [1.807, 2.05) is 13.8 Å². The number of rotatable bonds is 2. The van der Waals surface area contributed by atoms with Crippen LogP contribution in [0.25, 0.3) is 11.2 Å². The predicted octanol–water partition coefficient (Wildman–Crippen LogP) is 5.39. The van der Waals surface area contributed by atoms with Crippen molar-refractivity contribution in [2.24, 2.45) is 0 Å². The summed E-state index contributed by atoms with van der Waals surface area (Å²) in [5.74, 6) is 0. The summed E-state index contributed by atoms with van der Waals surface area (Å²) in [5, 5.41) is 0. The Morgan fingerprint density at radius 2 is 1.76 bits per heavy atom. The SMILES string of the molecule is CC.Cc1ccc(Sn2cc(C)c3nc(Br)cnc32)cc1. The Balaban J connectivity index is 0.000000774. The van der Waals surface area contributed by atoms with Crippen LogP contribution in [0.2, 0.25) is 0 Å². The zero-order chi connectivity index (χ0) is 15.4. The summed E-state index contributed by atoms with van der Waals surface area (Å²) in [6.07, 6.45) is 3.80. The van der Waals surface area contributed by atoms with Gasteiger partial charge < -0.3 is 0 Å². The van der Waals surface area contributed by atoms with E-state index in [1.54, 1.807) is 18.1 Å². The van der Waals surface area contributed by atoms with Gasteiger partial charge in [0.05, 0.1) is 6.20 Å². The molecule has 0 radical (unpaired) electrons. The maximum absolute atomic E-state index is 4.47. The third-order valence-electron chi connectivity index (χ3n) is 2.84. The Kier molecular flexibility index (Phi) is 5.42. The molecule has 0 saturated carbocycles. The van der Waals surface area contributed by atoms with Crippen LogP contribution in [0.4, 0.5) is 0 Å². The third kappa shape index (κ3) is 3.66. The maximum Gasteiger partial charge on any atom is 0.169 e. The van der Waals surface area contributed by atoms with Crippen LogP contribution in [-0.2, 0) is 0 Å². The average Bonchev–Trinajstić information content (AvgIpc) is 2.79. The van der Waals surface area contributed by atoms with Crippen LogP contribution in [0.3, 0.4) is 0 Å². The summed E-state index contributed by atoms with van der Waals surface area (Å²) < 4.78 is 2.83. The Labute approximate surface area is 138 Å². The molecule has 0 aliphatic carbocycles. The fourth-order valence-electron chi connectivity index (χ4n) is 1.87. The summed E-state index contributed by atoms with van der Waals surface area (Å²) >= 11 is 5.01. The van der Waals surface area contributed by atoms with Crippen molar-refractivity contribution in [1.29, 1.82) is 0 Å². The third-order valence-corrected chi connectivity index (χ3v) is 4.18. The van der Waals surface area contributed by atoms with Crippen LogP contribution >= 0.6 is 27.9 Å². The minimum Gasteiger partial charge on any atom is -0.269 e. The molecule has 0 amide bonds. The normalized spacial score (nSPS) is 10.3. The number of hydrogen-bond acceptors (Lipinski definition) is 3. The van der Waals surface area contributed by atoms with Gasteiger partial charge in [0.1, 0.15) is 10.1 Å². The van der Waals surface area contributed by atoms with Crippen LogP contribution < -0.4 is 0 Å². The predicted molar refractivity (Wildman–Crippen MR) is 93.7 cm³/mol. The minimum absolute atomic E-state index is 0.765. The largest absolute Gasteiger partial charge is 0.269 e. The van der Waals surface area contributed by atoms with Crippen molar-refractivity contribution in [3.63, 3.8) is 0 Å². The van der Waals surface area contributed by atoms with Crippen LogP contribution in [-0.4, -0.2) is 13.9 Å². The van der Waals surface area contributed by atoms with Gasteiger partial charge in [-0.1, -0.05) is 31.5 Å². The molecule has 0 aliphatic rings. The van der Waals surface area contributed by atoms with Crippen molar-refractivity contribution in [3.05, 3.63) is 52.4 Å². The van der Waals surface area contributed by atoms with Gasteiger partial charge in [0, 0.05) is 11.1 Å². The highest BCUT2D eigenvalue weighted by molar-refractivity contribution is 9.10. The summed E-state index contributed by atoms with van der Waals surface area (Å²) in [7, 11) is 0. The molecule has 0 fully saturated rings. The molecule has 0 saturated heterocycles. The summed E-state index contributed by atoms with van der Waals surface area (Å²) in [6.45, 7) is 8.14. The number of nitrogens with zero attached hydrogens (tertiary/aromatic N) is 3. The molecular weight excluding hydrogens is 346 g/mol. The van der Waals surface area contributed by atoms with Crippen molar-refractivity contribution >= 4 is 39.0 Å². The first-order valence-electron chi connectivity index (χ1n) is 6.89. The second-order valence-electron chi connectivity index (χ2n) is 4.41. The molecule has 0 atom stereocenters. The molecule has 21 heavy (non-hydrogen) atoms. The standard InChI is InChI=1S/C14H12BrN3S.C2H6/c1-9-3-5-11(6-4-9)19-18-8-10(2)13-14(18)16-7-12(15)17-13;1-2/h3-8H,1-2H3;1-2H3. The highest BCUT2D eigenvalue weighted by atomic mass is 79.9. The number of aromatic nitrogens is 3. The molecule has 0 unspecified atom stereocenters. The van der Waals surface area contributed by atoms with Crippen molar-refractivity contribution < 1.29 is 0 Å². The minimum atomic E-state index is 0.765. The van der Waals surface area contributed by atoms with E-state index in [1.165, 1.54) is 10.5 Å². The van der Waals surface area contributed by atoms with Crippen molar-refractivity contribution in [1.82, 2.24) is 13.9 Å². The van der Waals surface area contributed by atoms with Gasteiger partial charge in [0.2, 0.25) is 0 Å². The van der Waals surface area contributed by atoms with Gasteiger partial charge in [-0.15, -0.1) is 0 Å². The molecule has 2 aromatic heterocycles. The van der Waals surface area contributed by atoms with Gasteiger partial charge in [-0.2, -0.15) is 0 Å². The topological polar surface area (TPSA) is 30.7 Å². The lowest BCUT2D eigenvalue weighted by Crippen LogP contribution is -1.89. The van der Waals surface area contributed by atoms with E-state index < -0.39 is 0 Å². The number of hydrogen-bond donors (Lipinski definition) is 0. The molecule has 5 heteroatoms. The molecule has 2 heterocycles. The van der Waals surface area contributed by atoms with E-state index >= 15 is 0 Å². The highest BCUT2D eigenvalue weighted by Gasteiger charge is 2.09. The molecule has 110 valence electrons. The Hall–Kier alpha value is -1.33. The van der Waals surface area contributed by atoms with Gasteiger partial charge in [-0.25, -0.2) is 9.97 Å². The maximum atomic E-state index is 4.47. The van der Waals surface area contributed by atoms with Crippen LogP contribution in [0.5, 0.6) is 0 Å². The van der Waals surface area contributed by atoms with Crippen molar-refractivity contribution in [2.75, 3.05) is 0 Å². The lowest BCUT2D eigenvalue weighted by molar-refractivity contribution is 1.19. The number of aryl methyl sites for hydroxylation is 2. The van der Waals surface area contributed by atoms with Crippen LogP contribution in [0, 0.1) is 13.8 Å². The van der Waals surface area contributed by atoms with E-state index in [2.05, 4.69) is 74.2 Å². The van der Waals surface area contributed by atoms with Crippen LogP contribution in [0.15, 0.2) is 46.2 Å². The summed E-state index contributed by atoms with van der Waals surface area (Å²) in [4.78, 5) is 10.1. The lowest BCUT2D eigenvalue weighted by Gasteiger charge is -2.03. The van der Waals surface area contributed by atoms with E-state index in [0.717, 1.165) is 21.3 Å². The molecule has 0 N–H and O–H groups in total. The lowest BCUT2D eigenvalue weighted by atomic mass is 10.2. The number of benzene rings is 1. The first kappa shape index (κ1) is 16.0. The molecular formula is C16H18BrN3S. The monoisotopic (exact) mass is 363 g/mol. The molecule has 0 bridgehead atoms. The summed E-state index contributed by atoms with van der Waals surface area (Å²) in [5.41, 5.74) is 4.23. The first-order valence-corrected chi connectivity index (χ1v) is 8.45. The van der Waals surface area contributed by atoms with Crippen molar-refractivity contribution in [2.45, 2.75) is 32.6 Å². The fourth-order valence-corrected chi connectivity index (χ4v) is 3.06. The van der Waals surface area contributed by atoms with Crippen molar-refractivity contribution in [3.8, 4) is 0 Å². The second-order valence-corrected chi connectivity index (χ2v) is 6.27. The highest BCUT2D eigenvalue weighted by Crippen LogP contribution is 2.27. The van der Waals surface area contributed by atoms with Gasteiger partial charge in [-0.3, -0.25) is 3.97 Å². The van der Waals surface area contributed by atoms with E-state index in [0.29, 0.717) is 0 Å². The number of halogens is 1. The Morgan fingerprint density at radius 3 is 2.43 bits per heavy atom. The van der Waals surface area contributed by atoms with Gasteiger partial charge in [-0.05, 0) is 59.4 Å². The molecule has 3 rings (SSSR count). The first-order chi connectivity index (χ1) is 10.1. The van der Waals surface area contributed by atoms with Gasteiger partial charge in [0.15, 0.2) is 5.65 Å². The van der Waals surface area contributed by atoms with Crippen LogP contribution in [0.1, 0.15) is 25.0 Å². The Bertz CT molecular complexity index is 735.